The van der Waals surface area contributed by atoms with Gasteiger partial charge in [0.2, 0.25) is 0 Å². The second-order valence-corrected chi connectivity index (χ2v) is 7.96. The zero-order valence-corrected chi connectivity index (χ0v) is 13.9. The van der Waals surface area contributed by atoms with Crippen LogP contribution in [0.5, 0.6) is 0 Å². The Labute approximate surface area is 136 Å². The van der Waals surface area contributed by atoms with Gasteiger partial charge in [-0.25, -0.2) is 0 Å². The topological polar surface area (TPSA) is 42.7 Å². The van der Waals surface area contributed by atoms with E-state index in [-0.39, 0.29) is 29.5 Å². The molecule has 1 saturated heterocycles. The van der Waals surface area contributed by atoms with Gasteiger partial charge in [-0.05, 0) is 37.8 Å². The van der Waals surface area contributed by atoms with Gasteiger partial charge in [0.05, 0.1) is 6.26 Å². The number of ketones is 1. The Morgan fingerprint density at radius 1 is 1.35 bits per heavy atom. The Morgan fingerprint density at radius 2 is 2.13 bits per heavy atom. The third-order valence-corrected chi connectivity index (χ3v) is 6.53. The molecule has 5 unspecified atom stereocenters. The highest BCUT2D eigenvalue weighted by Crippen LogP contribution is 2.65. The number of aryl methyl sites for hydroxylation is 2. The number of allylic oxidation sites excluding steroid dienone is 2. The van der Waals surface area contributed by atoms with E-state index >= 15 is 0 Å². The van der Waals surface area contributed by atoms with Crippen LogP contribution in [0.25, 0.3) is 0 Å². The van der Waals surface area contributed by atoms with Crippen LogP contribution in [-0.2, 0) is 16.0 Å². The van der Waals surface area contributed by atoms with Crippen LogP contribution in [0, 0.1) is 18.8 Å². The monoisotopic (exact) mass is 310 g/mol. The molecule has 3 heteroatoms. The SMILES string of the molecule is C=C1CCc2occ(C)c2C2C1C1=C(CC(C)C1=O)C1OC12C. The number of epoxide rings is 1. The van der Waals surface area contributed by atoms with Crippen LogP contribution in [-0.4, -0.2) is 17.5 Å². The van der Waals surface area contributed by atoms with E-state index in [1.807, 2.05) is 13.2 Å². The summed E-state index contributed by atoms with van der Waals surface area (Å²) >= 11 is 0. The Morgan fingerprint density at radius 3 is 2.91 bits per heavy atom. The Bertz CT molecular complexity index is 796. The first-order valence-electron chi connectivity index (χ1n) is 8.63. The fraction of sp³-hybridized carbons (Fsp3) is 0.550. The van der Waals surface area contributed by atoms with Gasteiger partial charge >= 0.3 is 0 Å². The van der Waals surface area contributed by atoms with Gasteiger partial charge in [-0.3, -0.25) is 4.79 Å². The molecule has 1 aromatic heterocycles. The molecule has 3 aliphatic carbocycles. The number of carbonyl (C=O) groups excluding carboxylic acids is 1. The smallest absolute Gasteiger partial charge is 0.162 e. The minimum Gasteiger partial charge on any atom is -0.469 e. The molecule has 4 aliphatic rings. The summed E-state index contributed by atoms with van der Waals surface area (Å²) in [6, 6.07) is 0. The summed E-state index contributed by atoms with van der Waals surface area (Å²) in [5.74, 6) is 1.74. The third-order valence-electron chi connectivity index (χ3n) is 6.53. The molecule has 23 heavy (non-hydrogen) atoms. The van der Waals surface area contributed by atoms with Gasteiger partial charge in [0.1, 0.15) is 17.5 Å². The average molecular weight is 310 g/mol. The van der Waals surface area contributed by atoms with E-state index in [0.717, 1.165) is 30.6 Å². The zero-order chi connectivity index (χ0) is 16.1. The average Bonchev–Trinajstić information content (AvgIpc) is 3.02. The first-order valence-corrected chi connectivity index (χ1v) is 8.63. The quantitative estimate of drug-likeness (QED) is 0.540. The van der Waals surface area contributed by atoms with Crippen molar-refractivity contribution in [2.45, 2.75) is 57.7 Å². The molecule has 2 heterocycles. The van der Waals surface area contributed by atoms with E-state index in [1.54, 1.807) is 0 Å². The Kier molecular flexibility index (Phi) is 2.44. The first-order chi connectivity index (χ1) is 10.9. The number of ether oxygens (including phenoxy) is 1. The molecule has 0 radical (unpaired) electrons. The summed E-state index contributed by atoms with van der Waals surface area (Å²) in [4.78, 5) is 12.9. The number of carbonyl (C=O) groups is 1. The van der Waals surface area contributed by atoms with Crippen LogP contribution in [0.15, 0.2) is 34.0 Å². The lowest BCUT2D eigenvalue weighted by Gasteiger charge is -2.35. The van der Waals surface area contributed by atoms with E-state index in [4.69, 9.17) is 9.15 Å². The standard InChI is InChI=1S/C20H22O3/c1-9-5-6-13-14(11(3)8-22-13)17-15(9)16-12(7-10(2)18(16)21)19-20(17,4)23-19/h8,10,15,17,19H,1,5-7H2,2-4H3. The minimum absolute atomic E-state index is 0.0909. The molecule has 5 rings (SSSR count). The van der Waals surface area contributed by atoms with Crippen molar-refractivity contribution in [3.63, 3.8) is 0 Å². The molecule has 1 aliphatic heterocycles. The van der Waals surface area contributed by atoms with Crippen LogP contribution >= 0.6 is 0 Å². The third kappa shape index (κ3) is 1.52. The van der Waals surface area contributed by atoms with Crippen molar-refractivity contribution in [2.24, 2.45) is 11.8 Å². The van der Waals surface area contributed by atoms with Crippen molar-refractivity contribution in [3.8, 4) is 0 Å². The zero-order valence-electron chi connectivity index (χ0n) is 13.9. The molecule has 1 aromatic rings. The van der Waals surface area contributed by atoms with Crippen molar-refractivity contribution < 1.29 is 13.9 Å². The number of fused-ring (bicyclic) bond motifs is 7. The van der Waals surface area contributed by atoms with Gasteiger partial charge in [0, 0.05) is 35.3 Å². The lowest BCUT2D eigenvalue weighted by atomic mass is 9.65. The predicted octanol–water partition coefficient (Wildman–Crippen LogP) is 3.87. The fourth-order valence-electron chi connectivity index (χ4n) is 5.37. The summed E-state index contributed by atoms with van der Waals surface area (Å²) < 4.78 is 12.1. The van der Waals surface area contributed by atoms with Gasteiger partial charge in [0.25, 0.3) is 0 Å². The maximum atomic E-state index is 12.9. The highest BCUT2D eigenvalue weighted by molar-refractivity contribution is 6.02. The van der Waals surface area contributed by atoms with Gasteiger partial charge in [-0.2, -0.15) is 0 Å². The number of hydrogen-bond acceptors (Lipinski definition) is 3. The normalized spacial score (nSPS) is 41.2. The van der Waals surface area contributed by atoms with Gasteiger partial charge < -0.3 is 9.15 Å². The molecule has 3 nitrogen and oxygen atoms in total. The Balaban J connectivity index is 1.77. The molecular weight excluding hydrogens is 288 g/mol. The van der Waals surface area contributed by atoms with Crippen molar-refractivity contribution in [1.82, 2.24) is 0 Å². The highest BCUT2D eigenvalue weighted by atomic mass is 16.6. The lowest BCUT2D eigenvalue weighted by Crippen LogP contribution is -2.36. The molecule has 0 aromatic carbocycles. The summed E-state index contributed by atoms with van der Waals surface area (Å²) in [6.45, 7) is 10.7. The Hall–Kier alpha value is -1.61. The van der Waals surface area contributed by atoms with Gasteiger partial charge in [-0.15, -0.1) is 0 Å². The van der Waals surface area contributed by atoms with Crippen LogP contribution in [0.1, 0.15) is 49.5 Å². The maximum absolute atomic E-state index is 12.9. The van der Waals surface area contributed by atoms with E-state index < -0.39 is 0 Å². The molecule has 0 spiro atoms. The number of rotatable bonds is 0. The summed E-state index contributed by atoms with van der Waals surface area (Å²) in [7, 11) is 0. The molecule has 0 N–H and O–H groups in total. The lowest BCUT2D eigenvalue weighted by molar-refractivity contribution is -0.118. The largest absolute Gasteiger partial charge is 0.469 e. The van der Waals surface area contributed by atoms with Gasteiger partial charge in [0.15, 0.2) is 5.78 Å². The second kappa shape index (κ2) is 4.07. The summed E-state index contributed by atoms with van der Waals surface area (Å²) in [5, 5.41) is 0. The molecule has 5 atom stereocenters. The first kappa shape index (κ1) is 13.8. The minimum atomic E-state index is -0.204. The fourth-order valence-corrected chi connectivity index (χ4v) is 5.37. The molecular formula is C20H22O3. The van der Waals surface area contributed by atoms with Crippen LogP contribution in [0.3, 0.4) is 0 Å². The molecule has 1 fully saturated rings. The number of hydrogen-bond donors (Lipinski definition) is 0. The molecule has 0 bridgehead atoms. The predicted molar refractivity (Wildman–Crippen MR) is 86.2 cm³/mol. The van der Waals surface area contributed by atoms with E-state index in [2.05, 4.69) is 20.4 Å². The van der Waals surface area contributed by atoms with Crippen molar-refractivity contribution in [2.75, 3.05) is 0 Å². The van der Waals surface area contributed by atoms with E-state index in [9.17, 15) is 4.79 Å². The van der Waals surface area contributed by atoms with Crippen molar-refractivity contribution >= 4 is 5.78 Å². The number of furan rings is 1. The maximum Gasteiger partial charge on any atom is 0.162 e. The van der Waals surface area contributed by atoms with Crippen LogP contribution in [0.2, 0.25) is 0 Å². The highest BCUT2D eigenvalue weighted by Gasteiger charge is 2.68. The summed E-state index contributed by atoms with van der Waals surface area (Å²) in [5.41, 5.74) is 5.72. The number of Topliss-reactive ketones (excluding diaryl/α,β-unsaturated/α-hetero) is 1. The van der Waals surface area contributed by atoms with Crippen LogP contribution < -0.4 is 0 Å². The molecule has 0 amide bonds. The summed E-state index contributed by atoms with van der Waals surface area (Å²) in [6.07, 6.45) is 4.60. The van der Waals surface area contributed by atoms with E-state index in [1.165, 1.54) is 22.3 Å². The molecule has 0 saturated carbocycles. The molecule has 120 valence electrons. The van der Waals surface area contributed by atoms with Crippen LogP contribution in [0.4, 0.5) is 0 Å². The van der Waals surface area contributed by atoms with Crippen molar-refractivity contribution in [3.05, 3.63) is 46.4 Å². The van der Waals surface area contributed by atoms with E-state index in [0.29, 0.717) is 5.78 Å². The van der Waals surface area contributed by atoms with Crippen molar-refractivity contribution in [1.29, 1.82) is 0 Å². The second-order valence-electron chi connectivity index (χ2n) is 7.96. The van der Waals surface area contributed by atoms with Gasteiger partial charge in [-0.1, -0.05) is 19.1 Å².